The fourth-order valence-electron chi connectivity index (χ4n) is 3.30. The highest BCUT2D eigenvalue weighted by Crippen LogP contribution is 2.21. The number of amides is 1. The number of guanidine groups is 1. The Hall–Kier alpha value is -1.76. The lowest BCUT2D eigenvalue weighted by Gasteiger charge is -2.34. The Labute approximate surface area is 167 Å². The molecular weight excluding hydrogens is 360 g/mol. The van der Waals surface area contributed by atoms with E-state index in [0.29, 0.717) is 5.92 Å². The highest BCUT2D eigenvalue weighted by atomic mass is 32.1. The minimum atomic E-state index is -0.439. The van der Waals surface area contributed by atoms with E-state index in [4.69, 9.17) is 4.74 Å². The zero-order chi connectivity index (χ0) is 19.9. The van der Waals surface area contributed by atoms with E-state index in [9.17, 15) is 4.79 Å². The fraction of sp³-hybridized carbons (Fsp3) is 0.700. The number of nitrogens with zero attached hydrogens (tertiary/aromatic N) is 3. The normalized spacial score (nSPS) is 18.3. The van der Waals surface area contributed by atoms with Gasteiger partial charge in [0.15, 0.2) is 5.96 Å². The molecule has 1 aliphatic rings. The summed E-state index contributed by atoms with van der Waals surface area (Å²) < 4.78 is 5.51. The van der Waals surface area contributed by atoms with Gasteiger partial charge in [0.1, 0.15) is 5.60 Å². The van der Waals surface area contributed by atoms with Crippen LogP contribution in [0.4, 0.5) is 4.79 Å². The van der Waals surface area contributed by atoms with Crippen LogP contribution in [0.15, 0.2) is 21.8 Å². The third kappa shape index (κ3) is 7.40. The number of nitrogens with one attached hydrogen (secondary N) is 1. The van der Waals surface area contributed by atoms with Gasteiger partial charge < -0.3 is 19.9 Å². The second-order valence-electron chi connectivity index (χ2n) is 8.18. The number of hydrogen-bond donors (Lipinski definition) is 1. The van der Waals surface area contributed by atoms with Gasteiger partial charge >= 0.3 is 6.09 Å². The molecule has 1 aliphatic heterocycles. The molecule has 1 amide bonds. The first kappa shape index (κ1) is 21.5. The molecule has 1 N–H and O–H groups in total. The van der Waals surface area contributed by atoms with Gasteiger partial charge in [0.2, 0.25) is 0 Å². The van der Waals surface area contributed by atoms with E-state index in [1.165, 1.54) is 5.56 Å². The van der Waals surface area contributed by atoms with Crippen LogP contribution in [-0.2, 0) is 11.3 Å². The lowest BCUT2D eigenvalue weighted by molar-refractivity contribution is 0.0162. The number of ether oxygens (including phenoxy) is 1. The van der Waals surface area contributed by atoms with Gasteiger partial charge in [-0.15, -0.1) is 0 Å². The Morgan fingerprint density at radius 1 is 1.48 bits per heavy atom. The van der Waals surface area contributed by atoms with Crippen molar-refractivity contribution < 1.29 is 9.53 Å². The fourth-order valence-corrected chi connectivity index (χ4v) is 3.96. The largest absolute Gasteiger partial charge is 0.444 e. The second kappa shape index (κ2) is 9.97. The number of hydrogen-bond acceptors (Lipinski definition) is 4. The van der Waals surface area contributed by atoms with Gasteiger partial charge in [0, 0.05) is 40.3 Å². The number of carbonyl (C=O) groups is 1. The van der Waals surface area contributed by atoms with Crippen molar-refractivity contribution in [1.29, 1.82) is 0 Å². The monoisotopic (exact) mass is 394 g/mol. The maximum absolute atomic E-state index is 12.3. The zero-order valence-corrected chi connectivity index (χ0v) is 18.1. The maximum atomic E-state index is 12.3. The Morgan fingerprint density at radius 2 is 2.26 bits per heavy atom. The molecule has 2 rings (SSSR count). The molecule has 0 radical (unpaired) electrons. The Kier molecular flexibility index (Phi) is 7.95. The maximum Gasteiger partial charge on any atom is 0.410 e. The van der Waals surface area contributed by atoms with Crippen LogP contribution in [0.25, 0.3) is 0 Å². The predicted octanol–water partition coefficient (Wildman–Crippen LogP) is 3.79. The first-order valence-electron chi connectivity index (χ1n) is 9.69. The first-order chi connectivity index (χ1) is 12.8. The molecule has 2 heterocycles. The van der Waals surface area contributed by atoms with Crippen molar-refractivity contribution in [2.24, 2.45) is 10.9 Å². The van der Waals surface area contributed by atoms with E-state index in [1.54, 1.807) is 11.3 Å². The Morgan fingerprint density at radius 3 is 2.89 bits per heavy atom. The topological polar surface area (TPSA) is 57.2 Å². The van der Waals surface area contributed by atoms with Crippen molar-refractivity contribution in [3.63, 3.8) is 0 Å². The molecule has 0 aliphatic carbocycles. The lowest BCUT2D eigenvalue weighted by atomic mass is 9.95. The molecule has 6 nitrogen and oxygen atoms in total. The van der Waals surface area contributed by atoms with Crippen LogP contribution in [0, 0.1) is 5.92 Å². The summed E-state index contributed by atoms with van der Waals surface area (Å²) in [4.78, 5) is 20.7. The average molecular weight is 395 g/mol. The van der Waals surface area contributed by atoms with E-state index in [0.717, 1.165) is 51.4 Å². The van der Waals surface area contributed by atoms with Crippen LogP contribution in [0.5, 0.6) is 0 Å². The molecule has 1 aromatic rings. The number of thiophene rings is 1. The number of likely N-dealkylation sites (tertiary alicyclic amines) is 1. The summed E-state index contributed by atoms with van der Waals surface area (Å²) in [5.74, 6) is 1.40. The molecule has 1 fully saturated rings. The smallest absolute Gasteiger partial charge is 0.410 e. The summed E-state index contributed by atoms with van der Waals surface area (Å²) in [5.41, 5.74) is 0.858. The molecule has 0 aromatic carbocycles. The van der Waals surface area contributed by atoms with Crippen LogP contribution in [-0.4, -0.2) is 61.2 Å². The summed E-state index contributed by atoms with van der Waals surface area (Å²) >= 11 is 1.71. The van der Waals surface area contributed by atoms with Gasteiger partial charge in [-0.1, -0.05) is 0 Å². The summed E-state index contributed by atoms with van der Waals surface area (Å²) in [6, 6.07) is 2.14. The Bertz CT molecular complexity index is 610. The van der Waals surface area contributed by atoms with Gasteiger partial charge in [-0.2, -0.15) is 11.3 Å². The van der Waals surface area contributed by atoms with Crippen molar-refractivity contribution in [2.75, 3.05) is 33.7 Å². The average Bonchev–Trinajstić information content (AvgIpc) is 3.10. The molecule has 1 unspecified atom stereocenters. The third-order valence-corrected chi connectivity index (χ3v) is 5.31. The summed E-state index contributed by atoms with van der Waals surface area (Å²) in [5, 5.41) is 7.72. The van der Waals surface area contributed by atoms with E-state index in [-0.39, 0.29) is 6.09 Å². The van der Waals surface area contributed by atoms with Crippen LogP contribution in [0.3, 0.4) is 0 Å². The molecule has 7 heteroatoms. The summed E-state index contributed by atoms with van der Waals surface area (Å²) in [6.45, 7) is 9.01. The molecule has 1 aromatic heterocycles. The van der Waals surface area contributed by atoms with E-state index >= 15 is 0 Å². The Balaban J connectivity index is 1.75. The molecule has 152 valence electrons. The van der Waals surface area contributed by atoms with Gasteiger partial charge in [0.05, 0.1) is 0 Å². The summed E-state index contributed by atoms with van der Waals surface area (Å²) in [7, 11) is 3.87. The van der Waals surface area contributed by atoms with Crippen LogP contribution in [0.1, 0.15) is 45.6 Å². The molecular formula is C20H34N4O2S. The van der Waals surface area contributed by atoms with Gasteiger partial charge in [-0.3, -0.25) is 4.99 Å². The molecule has 0 saturated carbocycles. The first-order valence-corrected chi connectivity index (χ1v) is 10.6. The highest BCUT2D eigenvalue weighted by Gasteiger charge is 2.27. The van der Waals surface area contributed by atoms with Crippen LogP contribution in [0.2, 0.25) is 0 Å². The minimum absolute atomic E-state index is 0.188. The molecule has 0 bridgehead atoms. The number of piperidine rings is 1. The highest BCUT2D eigenvalue weighted by molar-refractivity contribution is 7.07. The van der Waals surface area contributed by atoms with Crippen molar-refractivity contribution >= 4 is 23.4 Å². The predicted molar refractivity (Wildman–Crippen MR) is 112 cm³/mol. The molecule has 0 spiro atoms. The quantitative estimate of drug-likeness (QED) is 0.610. The minimum Gasteiger partial charge on any atom is -0.444 e. The van der Waals surface area contributed by atoms with E-state index in [2.05, 4.69) is 39.1 Å². The SMILES string of the molecule is CN=C(NCCC1CCCN(C(=O)OC(C)(C)C)C1)N(C)Cc1ccsc1. The van der Waals surface area contributed by atoms with Crippen molar-refractivity contribution in [1.82, 2.24) is 15.1 Å². The van der Waals surface area contributed by atoms with Crippen molar-refractivity contribution in [2.45, 2.75) is 52.2 Å². The van der Waals surface area contributed by atoms with Crippen LogP contribution >= 0.6 is 11.3 Å². The van der Waals surface area contributed by atoms with Crippen LogP contribution < -0.4 is 5.32 Å². The number of carbonyl (C=O) groups excluding carboxylic acids is 1. The van der Waals surface area contributed by atoms with Crippen molar-refractivity contribution in [3.8, 4) is 0 Å². The number of aliphatic imine (C=N–C) groups is 1. The van der Waals surface area contributed by atoms with Gasteiger partial charge in [-0.25, -0.2) is 4.79 Å². The number of rotatable bonds is 5. The molecule has 1 atom stereocenters. The third-order valence-electron chi connectivity index (χ3n) is 4.58. The molecule has 1 saturated heterocycles. The summed E-state index contributed by atoms with van der Waals surface area (Å²) in [6.07, 6.45) is 3.03. The second-order valence-corrected chi connectivity index (χ2v) is 8.96. The van der Waals surface area contributed by atoms with E-state index in [1.807, 2.05) is 32.7 Å². The zero-order valence-electron chi connectivity index (χ0n) is 17.3. The molecule has 27 heavy (non-hydrogen) atoms. The van der Waals surface area contributed by atoms with Gasteiger partial charge in [0.25, 0.3) is 0 Å². The standard InChI is InChI=1S/C20H34N4O2S/c1-20(2,3)26-19(25)24-11-6-7-16(14-24)8-10-22-18(21-4)23(5)13-17-9-12-27-15-17/h9,12,15-16H,6-8,10-11,13-14H2,1-5H3,(H,21,22). The van der Waals surface area contributed by atoms with E-state index < -0.39 is 5.60 Å². The van der Waals surface area contributed by atoms with Crippen molar-refractivity contribution in [3.05, 3.63) is 22.4 Å². The lowest BCUT2D eigenvalue weighted by Crippen LogP contribution is -2.44. The van der Waals surface area contributed by atoms with Gasteiger partial charge in [-0.05, 0) is 68.3 Å².